The summed E-state index contributed by atoms with van der Waals surface area (Å²) in [5, 5.41) is 22.7. The highest BCUT2D eigenvalue weighted by atomic mass is 28.3. The predicted molar refractivity (Wildman–Crippen MR) is 259 cm³/mol. The Morgan fingerprint density at radius 2 is 1.19 bits per heavy atom. The lowest BCUT2D eigenvalue weighted by Gasteiger charge is -2.24. The Labute approximate surface area is 394 Å². The second-order valence-corrected chi connectivity index (χ2v) is 22.8. The van der Waals surface area contributed by atoms with Gasteiger partial charge in [-0.25, -0.2) is 14.8 Å². The van der Waals surface area contributed by atoms with Gasteiger partial charge in [0.2, 0.25) is 0 Å². The van der Waals surface area contributed by atoms with Gasteiger partial charge in [-0.15, -0.1) is 12.0 Å². The normalized spacial score (nSPS) is 11.1. The first-order valence-corrected chi connectivity index (χ1v) is 25.4. The summed E-state index contributed by atoms with van der Waals surface area (Å²) >= 11 is 0. The number of halogens is 3. The average molecular weight is 947 g/mol. The molecule has 16 heteroatoms. The number of nitrogens with one attached hydrogen (secondary N) is 2. The molecule has 0 saturated carbocycles. The first-order valence-electron chi connectivity index (χ1n) is 21.9. The number of anilines is 2. The summed E-state index contributed by atoms with van der Waals surface area (Å²) in [6, 6.07) is 23.3. The summed E-state index contributed by atoms with van der Waals surface area (Å²) in [6.45, 7) is 19.7. The molecule has 0 bridgehead atoms. The summed E-state index contributed by atoms with van der Waals surface area (Å²) < 4.78 is 48.7. The summed E-state index contributed by atoms with van der Waals surface area (Å²) in [4.78, 5) is 40.4. The lowest BCUT2D eigenvalue weighted by molar-refractivity contribution is -0.192. The van der Waals surface area contributed by atoms with Gasteiger partial charge in [0.05, 0.1) is 32.7 Å². The molecular formula is C51H65F3N4O8Si. The standard InChI is InChI=1S/C27H38N2O3Si.C22H26N2O3.C2HF3O2/c1-7-31-26(30)21-27(2,3)20-23-12-13-24(19-22(23)14-18-33(4,5)6)32-17-10-16-29-25-11-8-9-15-28-25;1-4-17-14-19(10-9-18(17)15-22(2,3)16-21(25)26)27-13-7-12-24-20-8-5-6-11-23-20;3-2(4,5)1(6)7/h8-9,11-13,15,19H,7,10,16-17,20-21H2,1-6H3,(H,28,29);1,5-6,8-11,14H,7,12-13,15-16H2,2-3H3,(H,23,24)(H,25,26);(H,6,7). The molecule has 2 aromatic heterocycles. The molecule has 0 aliphatic heterocycles. The number of esters is 1. The van der Waals surface area contributed by atoms with Crippen molar-refractivity contribution in [3.63, 3.8) is 0 Å². The molecule has 0 saturated heterocycles. The van der Waals surface area contributed by atoms with E-state index in [2.05, 4.69) is 77.5 Å². The van der Waals surface area contributed by atoms with Crippen LogP contribution in [0, 0.1) is 34.6 Å². The van der Waals surface area contributed by atoms with Crippen molar-refractivity contribution < 1.29 is 52.0 Å². The maximum absolute atomic E-state index is 12.0. The number of pyridine rings is 2. The number of hydrogen-bond acceptors (Lipinski definition) is 10. The fraction of sp³-hybridized carbons (Fsp3) is 0.431. The predicted octanol–water partition coefficient (Wildman–Crippen LogP) is 10.3. The molecule has 0 spiro atoms. The van der Waals surface area contributed by atoms with E-state index in [1.54, 1.807) is 12.4 Å². The third kappa shape index (κ3) is 25.1. The highest BCUT2D eigenvalue weighted by Gasteiger charge is 2.38. The minimum atomic E-state index is -5.08. The second kappa shape index (κ2) is 27.8. The number of aromatic nitrogens is 2. The number of alkyl halides is 3. The van der Waals surface area contributed by atoms with E-state index in [4.69, 9.17) is 35.6 Å². The smallest absolute Gasteiger partial charge is 0.490 e. The second-order valence-electron chi connectivity index (χ2n) is 18.0. The Hall–Kier alpha value is -6.52. The van der Waals surface area contributed by atoms with E-state index in [1.165, 1.54) is 0 Å². The van der Waals surface area contributed by atoms with E-state index in [1.807, 2.05) is 87.5 Å². The number of rotatable bonds is 21. The molecular weight excluding hydrogens is 882 g/mol. The molecule has 0 radical (unpaired) electrons. The van der Waals surface area contributed by atoms with Gasteiger partial charge < -0.3 is 35.1 Å². The van der Waals surface area contributed by atoms with Crippen LogP contribution in [0.1, 0.15) is 82.6 Å². The van der Waals surface area contributed by atoms with Crippen LogP contribution in [0.3, 0.4) is 0 Å². The number of ether oxygens (including phenoxy) is 3. The van der Waals surface area contributed by atoms with Crippen LogP contribution in [0.4, 0.5) is 24.8 Å². The third-order valence-electron chi connectivity index (χ3n) is 9.15. The van der Waals surface area contributed by atoms with E-state index in [9.17, 15) is 22.8 Å². The number of carbonyl (C=O) groups is 3. The van der Waals surface area contributed by atoms with E-state index < -0.39 is 26.2 Å². The van der Waals surface area contributed by atoms with Gasteiger partial charge in [-0.1, -0.05) is 83.4 Å². The quantitative estimate of drug-likeness (QED) is 0.0270. The molecule has 4 N–H and O–H groups in total. The highest BCUT2D eigenvalue weighted by molar-refractivity contribution is 6.83. The highest BCUT2D eigenvalue weighted by Crippen LogP contribution is 2.31. The minimum Gasteiger partial charge on any atom is -0.493 e. The summed E-state index contributed by atoms with van der Waals surface area (Å²) in [6.07, 6.45) is 7.60. The molecule has 0 unspecified atom stereocenters. The lowest BCUT2D eigenvalue weighted by atomic mass is 9.81. The Morgan fingerprint density at radius 1 is 0.731 bits per heavy atom. The number of hydrogen-bond donors (Lipinski definition) is 4. The average Bonchev–Trinajstić information content (AvgIpc) is 3.23. The third-order valence-corrected chi connectivity index (χ3v) is 10.0. The molecule has 2 aromatic carbocycles. The summed E-state index contributed by atoms with van der Waals surface area (Å²) in [7, 11) is -1.53. The van der Waals surface area contributed by atoms with Gasteiger partial charge in [-0.2, -0.15) is 13.2 Å². The van der Waals surface area contributed by atoms with Gasteiger partial charge in [-0.05, 0) is 103 Å². The minimum absolute atomic E-state index is 0.0958. The number of benzene rings is 2. The molecule has 362 valence electrons. The monoisotopic (exact) mass is 946 g/mol. The van der Waals surface area contributed by atoms with Gasteiger partial charge in [0.1, 0.15) is 31.2 Å². The van der Waals surface area contributed by atoms with Crippen LogP contribution in [-0.2, 0) is 32.0 Å². The lowest BCUT2D eigenvalue weighted by Crippen LogP contribution is -2.22. The van der Waals surface area contributed by atoms with Crippen LogP contribution >= 0.6 is 0 Å². The van der Waals surface area contributed by atoms with Crippen molar-refractivity contribution in [2.24, 2.45) is 10.8 Å². The van der Waals surface area contributed by atoms with Crippen LogP contribution in [0.25, 0.3) is 0 Å². The van der Waals surface area contributed by atoms with Crippen molar-refractivity contribution in [2.75, 3.05) is 43.5 Å². The summed E-state index contributed by atoms with van der Waals surface area (Å²) in [5.74, 6) is 5.64. The Kier molecular flexibility index (Phi) is 23.5. The molecule has 0 aliphatic rings. The fourth-order valence-corrected chi connectivity index (χ4v) is 6.67. The molecule has 4 rings (SSSR count). The number of terminal acetylenes is 1. The van der Waals surface area contributed by atoms with Crippen molar-refractivity contribution in [1.29, 1.82) is 0 Å². The van der Waals surface area contributed by atoms with E-state index in [0.29, 0.717) is 32.7 Å². The van der Waals surface area contributed by atoms with Gasteiger partial charge in [0, 0.05) is 36.6 Å². The Morgan fingerprint density at radius 3 is 1.60 bits per heavy atom. The number of carboxylic acid groups (broad SMARTS) is 2. The summed E-state index contributed by atoms with van der Waals surface area (Å²) in [5.41, 5.74) is 6.72. The van der Waals surface area contributed by atoms with E-state index in [-0.39, 0.29) is 23.2 Å². The van der Waals surface area contributed by atoms with E-state index >= 15 is 0 Å². The van der Waals surface area contributed by atoms with Crippen molar-refractivity contribution in [3.8, 4) is 35.3 Å². The topological polar surface area (TPSA) is 169 Å². The molecule has 0 amide bonds. The van der Waals surface area contributed by atoms with Crippen LogP contribution in [0.2, 0.25) is 19.6 Å². The molecule has 12 nitrogen and oxygen atoms in total. The number of aliphatic carboxylic acids is 2. The fourth-order valence-electron chi connectivity index (χ4n) is 6.16. The zero-order valence-corrected chi connectivity index (χ0v) is 40.8. The Balaban J connectivity index is 0.000000408. The van der Waals surface area contributed by atoms with Crippen molar-refractivity contribution in [2.45, 2.75) is 99.0 Å². The first kappa shape index (κ1) is 56.6. The van der Waals surface area contributed by atoms with E-state index in [0.717, 1.165) is 77.7 Å². The number of carbonyl (C=O) groups excluding carboxylic acids is 1. The Bertz CT molecular complexity index is 2270. The van der Waals surface area contributed by atoms with Gasteiger partial charge in [0.25, 0.3) is 0 Å². The largest absolute Gasteiger partial charge is 0.493 e. The van der Waals surface area contributed by atoms with Crippen molar-refractivity contribution in [1.82, 2.24) is 9.97 Å². The van der Waals surface area contributed by atoms with Crippen molar-refractivity contribution in [3.05, 3.63) is 107 Å². The zero-order chi connectivity index (χ0) is 50.1. The molecule has 67 heavy (non-hydrogen) atoms. The van der Waals surface area contributed by atoms with Gasteiger partial charge in [0.15, 0.2) is 0 Å². The first-order chi connectivity index (χ1) is 31.4. The van der Waals surface area contributed by atoms with Crippen molar-refractivity contribution >= 4 is 37.6 Å². The van der Waals surface area contributed by atoms with Crippen LogP contribution in [-0.4, -0.2) is 85.2 Å². The van der Waals surface area contributed by atoms with Gasteiger partial charge in [-0.3, -0.25) is 9.59 Å². The molecule has 4 aromatic rings. The molecule has 0 atom stereocenters. The molecule has 2 heterocycles. The van der Waals surface area contributed by atoms with Gasteiger partial charge >= 0.3 is 24.1 Å². The van der Waals surface area contributed by atoms with Crippen LogP contribution < -0.4 is 20.1 Å². The van der Waals surface area contributed by atoms with Crippen LogP contribution in [0.5, 0.6) is 11.5 Å². The van der Waals surface area contributed by atoms with Crippen LogP contribution in [0.15, 0.2) is 85.2 Å². The molecule has 0 fully saturated rings. The zero-order valence-electron chi connectivity index (χ0n) is 39.8. The SMILES string of the molecule is C#Cc1cc(OCCCNc2ccccn2)ccc1CC(C)(C)CC(=O)O.CCOC(=O)CC(C)(C)Cc1ccc(OCCCNc2ccccn2)cc1C#C[Si](C)(C)C.O=C(O)C(F)(F)F. The number of carboxylic acids is 2. The number of nitrogens with zero attached hydrogens (tertiary/aromatic N) is 2. The maximum Gasteiger partial charge on any atom is 0.490 e. The molecule has 0 aliphatic carbocycles. The maximum atomic E-state index is 12.0.